The highest BCUT2D eigenvalue weighted by molar-refractivity contribution is 6.32. The smallest absolute Gasteiger partial charge is 0.148 e. The molecule has 0 aliphatic carbocycles. The van der Waals surface area contributed by atoms with Crippen LogP contribution in [0.25, 0.3) is 0 Å². The van der Waals surface area contributed by atoms with Gasteiger partial charge in [0.1, 0.15) is 12.4 Å². The predicted octanol–water partition coefficient (Wildman–Crippen LogP) is 2.42. The number of anilines is 1. The third kappa shape index (κ3) is 3.00. The lowest BCUT2D eigenvalue weighted by Gasteiger charge is -2.07. The van der Waals surface area contributed by atoms with Gasteiger partial charge in [-0.25, -0.2) is 0 Å². The SMILES string of the molecule is C#CCOc1cc(NNCl)ccc1Cl. The van der Waals surface area contributed by atoms with Crippen molar-refractivity contribution in [3.05, 3.63) is 23.2 Å². The van der Waals surface area contributed by atoms with E-state index in [1.165, 1.54) is 0 Å². The standard InChI is InChI=1S/C9H8Cl2N2O/c1-2-5-14-9-6-7(12-13-11)3-4-8(9)10/h1,3-4,6,12-13H,5H2. The van der Waals surface area contributed by atoms with E-state index < -0.39 is 0 Å². The topological polar surface area (TPSA) is 33.3 Å². The Labute approximate surface area is 92.4 Å². The molecule has 5 heteroatoms. The van der Waals surface area contributed by atoms with Crippen LogP contribution >= 0.6 is 23.4 Å². The number of hydrogen-bond donors (Lipinski definition) is 2. The summed E-state index contributed by atoms with van der Waals surface area (Å²) >= 11 is 11.1. The van der Waals surface area contributed by atoms with Crippen LogP contribution < -0.4 is 15.1 Å². The van der Waals surface area contributed by atoms with Crippen molar-refractivity contribution in [2.75, 3.05) is 12.0 Å². The van der Waals surface area contributed by atoms with Gasteiger partial charge in [-0.1, -0.05) is 17.5 Å². The minimum absolute atomic E-state index is 0.178. The molecule has 74 valence electrons. The summed E-state index contributed by atoms with van der Waals surface area (Å²) in [7, 11) is 0. The number of hydrazine groups is 1. The molecule has 0 saturated carbocycles. The zero-order chi connectivity index (χ0) is 10.4. The van der Waals surface area contributed by atoms with E-state index in [2.05, 4.69) is 16.3 Å². The van der Waals surface area contributed by atoms with Gasteiger partial charge >= 0.3 is 0 Å². The highest BCUT2D eigenvalue weighted by Gasteiger charge is 2.02. The molecule has 1 aromatic rings. The highest BCUT2D eigenvalue weighted by atomic mass is 35.5. The zero-order valence-electron chi connectivity index (χ0n) is 7.18. The lowest BCUT2D eigenvalue weighted by molar-refractivity contribution is 0.371. The van der Waals surface area contributed by atoms with Crippen LogP contribution in [-0.2, 0) is 0 Å². The fourth-order valence-corrected chi connectivity index (χ4v) is 1.15. The Kier molecular flexibility index (Phi) is 4.41. The maximum absolute atomic E-state index is 5.86. The molecule has 0 amide bonds. The van der Waals surface area contributed by atoms with Crippen LogP contribution in [0.3, 0.4) is 0 Å². The average molecular weight is 231 g/mol. The molecule has 3 nitrogen and oxygen atoms in total. The molecule has 0 unspecified atom stereocenters. The Morgan fingerprint density at radius 3 is 2.93 bits per heavy atom. The summed E-state index contributed by atoms with van der Waals surface area (Å²) in [5.41, 5.74) is 3.41. The first-order valence-electron chi connectivity index (χ1n) is 3.75. The molecule has 1 rings (SSSR count). The van der Waals surface area contributed by atoms with Crippen molar-refractivity contribution in [2.45, 2.75) is 0 Å². The van der Waals surface area contributed by atoms with Gasteiger partial charge < -0.3 is 10.2 Å². The maximum atomic E-state index is 5.86. The molecule has 0 heterocycles. The summed E-state index contributed by atoms with van der Waals surface area (Å²) < 4.78 is 5.19. The van der Waals surface area contributed by atoms with Crippen molar-refractivity contribution in [2.24, 2.45) is 0 Å². The normalized spacial score (nSPS) is 9.21. The minimum Gasteiger partial charge on any atom is -0.479 e. The van der Waals surface area contributed by atoms with Crippen molar-refractivity contribution in [1.29, 1.82) is 0 Å². The average Bonchev–Trinajstić information content (AvgIpc) is 2.19. The van der Waals surface area contributed by atoms with E-state index in [0.29, 0.717) is 10.8 Å². The molecule has 2 N–H and O–H groups in total. The van der Waals surface area contributed by atoms with Crippen LogP contribution in [0.1, 0.15) is 0 Å². The van der Waals surface area contributed by atoms with Crippen LogP contribution in [-0.4, -0.2) is 6.61 Å². The summed E-state index contributed by atoms with van der Waals surface area (Å²) in [6, 6.07) is 5.12. The van der Waals surface area contributed by atoms with E-state index in [-0.39, 0.29) is 6.61 Å². The van der Waals surface area contributed by atoms with Gasteiger partial charge in [0.05, 0.1) is 10.7 Å². The second-order valence-corrected chi connectivity index (χ2v) is 2.95. The van der Waals surface area contributed by atoms with Crippen molar-refractivity contribution in [3.63, 3.8) is 0 Å². The third-order valence-electron chi connectivity index (χ3n) is 1.43. The minimum atomic E-state index is 0.178. The molecule has 0 aliphatic rings. The first-order valence-corrected chi connectivity index (χ1v) is 4.51. The van der Waals surface area contributed by atoms with Crippen molar-refractivity contribution < 1.29 is 4.74 Å². The van der Waals surface area contributed by atoms with Crippen LogP contribution in [0.5, 0.6) is 5.75 Å². The van der Waals surface area contributed by atoms with Gasteiger partial charge in [-0.05, 0) is 23.9 Å². The molecule has 1 aromatic carbocycles. The largest absolute Gasteiger partial charge is 0.479 e. The summed E-state index contributed by atoms with van der Waals surface area (Å²) in [6.45, 7) is 0.178. The second kappa shape index (κ2) is 5.61. The van der Waals surface area contributed by atoms with Gasteiger partial charge in [-0.2, -0.15) is 0 Å². The number of nitrogens with one attached hydrogen (secondary N) is 2. The molecule has 0 radical (unpaired) electrons. The first kappa shape index (κ1) is 11.0. The molecule has 0 fully saturated rings. The van der Waals surface area contributed by atoms with Crippen molar-refractivity contribution in [1.82, 2.24) is 4.94 Å². The monoisotopic (exact) mass is 230 g/mol. The number of rotatable bonds is 4. The van der Waals surface area contributed by atoms with E-state index in [1.54, 1.807) is 18.2 Å². The fraction of sp³-hybridized carbons (Fsp3) is 0.111. The lowest BCUT2D eigenvalue weighted by atomic mass is 10.3. The molecular formula is C9H8Cl2N2O. The third-order valence-corrected chi connectivity index (χ3v) is 1.84. The summed E-state index contributed by atoms with van der Waals surface area (Å²) in [6.07, 6.45) is 5.06. The van der Waals surface area contributed by atoms with E-state index in [4.69, 9.17) is 34.5 Å². The Bertz CT molecular complexity index is 349. The molecule has 14 heavy (non-hydrogen) atoms. The van der Waals surface area contributed by atoms with Crippen LogP contribution in [0, 0.1) is 12.3 Å². The number of benzene rings is 1. The lowest BCUT2D eigenvalue weighted by Crippen LogP contribution is -2.08. The highest BCUT2D eigenvalue weighted by Crippen LogP contribution is 2.27. The van der Waals surface area contributed by atoms with E-state index >= 15 is 0 Å². The number of terminal acetylenes is 1. The van der Waals surface area contributed by atoms with Gasteiger partial charge in [0.15, 0.2) is 0 Å². The fourth-order valence-electron chi connectivity index (χ4n) is 0.866. The van der Waals surface area contributed by atoms with Gasteiger partial charge in [-0.15, -0.1) is 11.4 Å². The Morgan fingerprint density at radius 1 is 1.50 bits per heavy atom. The molecule has 0 atom stereocenters. The van der Waals surface area contributed by atoms with E-state index in [9.17, 15) is 0 Å². The van der Waals surface area contributed by atoms with Crippen LogP contribution in [0.2, 0.25) is 5.02 Å². The van der Waals surface area contributed by atoms with Crippen molar-refractivity contribution >= 4 is 29.1 Å². The molecule has 0 spiro atoms. The number of ether oxygens (including phenoxy) is 1. The number of hydrogen-bond acceptors (Lipinski definition) is 3. The van der Waals surface area contributed by atoms with Crippen molar-refractivity contribution in [3.8, 4) is 18.1 Å². The van der Waals surface area contributed by atoms with E-state index in [0.717, 1.165) is 5.69 Å². The second-order valence-electron chi connectivity index (χ2n) is 2.36. The van der Waals surface area contributed by atoms with Gasteiger partial charge in [0.2, 0.25) is 0 Å². The van der Waals surface area contributed by atoms with Crippen LogP contribution in [0.4, 0.5) is 5.69 Å². The quantitative estimate of drug-likeness (QED) is 0.474. The summed E-state index contributed by atoms with van der Waals surface area (Å²) in [5.74, 6) is 2.87. The first-order chi connectivity index (χ1) is 6.77. The summed E-state index contributed by atoms with van der Waals surface area (Å²) in [5, 5.41) is 0.500. The molecular weight excluding hydrogens is 223 g/mol. The Hall–Kier alpha value is -1.08. The Balaban J connectivity index is 2.80. The molecule has 0 aromatic heterocycles. The van der Waals surface area contributed by atoms with E-state index in [1.807, 2.05) is 0 Å². The zero-order valence-corrected chi connectivity index (χ0v) is 8.69. The predicted molar refractivity (Wildman–Crippen MR) is 58.4 cm³/mol. The summed E-state index contributed by atoms with van der Waals surface area (Å²) in [4.78, 5) is 2.27. The van der Waals surface area contributed by atoms with Gasteiger partial charge in [0.25, 0.3) is 0 Å². The molecule has 0 bridgehead atoms. The van der Waals surface area contributed by atoms with Gasteiger partial charge in [0, 0.05) is 6.07 Å². The maximum Gasteiger partial charge on any atom is 0.148 e. The molecule has 0 aliphatic heterocycles. The van der Waals surface area contributed by atoms with Crippen LogP contribution in [0.15, 0.2) is 18.2 Å². The number of halogens is 2. The van der Waals surface area contributed by atoms with Gasteiger partial charge in [-0.3, -0.25) is 0 Å². The molecule has 0 saturated heterocycles. The Morgan fingerprint density at radius 2 is 2.29 bits per heavy atom.